The Bertz CT molecular complexity index is 1140. The number of carbonyl (C=O) groups is 2. The van der Waals surface area contributed by atoms with E-state index < -0.39 is 0 Å². The number of halogens is 2. The van der Waals surface area contributed by atoms with Crippen LogP contribution >= 0.6 is 0 Å². The van der Waals surface area contributed by atoms with Gasteiger partial charge in [-0.2, -0.15) is 0 Å². The van der Waals surface area contributed by atoms with E-state index in [0.717, 1.165) is 11.1 Å². The lowest BCUT2D eigenvalue weighted by Crippen LogP contribution is -2.50. The van der Waals surface area contributed by atoms with E-state index in [2.05, 4.69) is 0 Å². The predicted octanol–water partition coefficient (Wildman–Crippen LogP) is 4.06. The average molecular weight is 468 g/mol. The Morgan fingerprint density at radius 1 is 0.824 bits per heavy atom. The summed E-state index contributed by atoms with van der Waals surface area (Å²) in [5.74, 6) is 0.0355. The molecular weight excluding hydrogens is 440 g/mol. The van der Waals surface area contributed by atoms with Gasteiger partial charge in [0.2, 0.25) is 5.91 Å². The van der Waals surface area contributed by atoms with Crippen LogP contribution in [0.4, 0.5) is 8.78 Å². The van der Waals surface area contributed by atoms with Crippen LogP contribution < -0.4 is 0 Å². The highest BCUT2D eigenvalue weighted by molar-refractivity contribution is 5.91. The molecule has 2 aromatic carbocycles. The third-order valence-electron chi connectivity index (χ3n) is 5.88. The van der Waals surface area contributed by atoms with Crippen LogP contribution in [0.3, 0.4) is 0 Å². The second-order valence-electron chi connectivity index (χ2n) is 8.47. The van der Waals surface area contributed by atoms with Crippen molar-refractivity contribution in [3.05, 3.63) is 94.9 Å². The first-order chi connectivity index (χ1) is 16.4. The number of carbonyl (C=O) groups excluding carboxylic acids is 2. The van der Waals surface area contributed by atoms with Crippen molar-refractivity contribution >= 4 is 11.8 Å². The minimum Gasteiger partial charge on any atom is -0.455 e. The molecule has 1 aliphatic heterocycles. The van der Waals surface area contributed by atoms with Crippen molar-refractivity contribution < 1.29 is 22.8 Å². The van der Waals surface area contributed by atoms with E-state index in [0.29, 0.717) is 51.6 Å². The molecule has 178 valence electrons. The van der Waals surface area contributed by atoms with Gasteiger partial charge in [-0.15, -0.1) is 0 Å². The SMILES string of the molecule is CC(=O)N1CCN(C(=O)c2ccc(CN(Cc3ccc(F)cc3)Cc3cccc(F)c3)o2)CC1. The Kier molecular flexibility index (Phi) is 7.37. The first-order valence-electron chi connectivity index (χ1n) is 11.2. The van der Waals surface area contributed by atoms with E-state index in [9.17, 15) is 18.4 Å². The topological polar surface area (TPSA) is 57.0 Å². The van der Waals surface area contributed by atoms with E-state index >= 15 is 0 Å². The number of benzene rings is 2. The van der Waals surface area contributed by atoms with E-state index in [4.69, 9.17) is 4.42 Å². The summed E-state index contributed by atoms with van der Waals surface area (Å²) in [4.78, 5) is 29.8. The van der Waals surface area contributed by atoms with Gasteiger partial charge in [-0.1, -0.05) is 24.3 Å². The molecule has 4 rings (SSSR count). The molecule has 0 spiro atoms. The van der Waals surface area contributed by atoms with E-state index in [1.54, 1.807) is 40.1 Å². The Morgan fingerprint density at radius 3 is 2.18 bits per heavy atom. The molecule has 8 heteroatoms. The molecule has 0 saturated carbocycles. The second-order valence-corrected chi connectivity index (χ2v) is 8.47. The molecule has 0 atom stereocenters. The summed E-state index contributed by atoms with van der Waals surface area (Å²) in [6, 6.07) is 16.1. The zero-order valence-electron chi connectivity index (χ0n) is 19.0. The lowest BCUT2D eigenvalue weighted by Gasteiger charge is -2.33. The Labute approximate surface area is 197 Å². The molecule has 0 bridgehead atoms. The van der Waals surface area contributed by atoms with Gasteiger partial charge in [0.15, 0.2) is 5.76 Å². The molecule has 3 aromatic rings. The van der Waals surface area contributed by atoms with Gasteiger partial charge in [0.25, 0.3) is 5.91 Å². The van der Waals surface area contributed by atoms with Crippen LogP contribution in [-0.4, -0.2) is 52.7 Å². The fourth-order valence-corrected chi connectivity index (χ4v) is 4.09. The van der Waals surface area contributed by atoms with E-state index in [1.165, 1.54) is 31.2 Å². The van der Waals surface area contributed by atoms with Gasteiger partial charge >= 0.3 is 0 Å². The lowest BCUT2D eigenvalue weighted by atomic mass is 10.1. The quantitative estimate of drug-likeness (QED) is 0.526. The van der Waals surface area contributed by atoms with Crippen molar-refractivity contribution in [2.24, 2.45) is 0 Å². The predicted molar refractivity (Wildman–Crippen MR) is 123 cm³/mol. The van der Waals surface area contributed by atoms with Crippen molar-refractivity contribution in [2.45, 2.75) is 26.6 Å². The first kappa shape index (κ1) is 23.6. The van der Waals surface area contributed by atoms with Gasteiger partial charge in [0.1, 0.15) is 17.4 Å². The van der Waals surface area contributed by atoms with Crippen molar-refractivity contribution in [2.75, 3.05) is 26.2 Å². The monoisotopic (exact) mass is 467 g/mol. The highest BCUT2D eigenvalue weighted by Crippen LogP contribution is 2.19. The Balaban J connectivity index is 1.45. The molecule has 0 radical (unpaired) electrons. The second kappa shape index (κ2) is 10.6. The van der Waals surface area contributed by atoms with E-state index in [1.807, 2.05) is 11.0 Å². The molecule has 0 N–H and O–H groups in total. The van der Waals surface area contributed by atoms with Gasteiger partial charge in [0, 0.05) is 46.2 Å². The molecule has 2 heterocycles. The number of hydrogen-bond donors (Lipinski definition) is 0. The van der Waals surface area contributed by atoms with Crippen LogP contribution in [0, 0.1) is 11.6 Å². The van der Waals surface area contributed by atoms with Gasteiger partial charge in [-0.3, -0.25) is 14.5 Å². The lowest BCUT2D eigenvalue weighted by molar-refractivity contribution is -0.130. The molecule has 0 aliphatic carbocycles. The van der Waals surface area contributed by atoms with Crippen LogP contribution in [0.25, 0.3) is 0 Å². The molecular formula is C26H27F2N3O3. The van der Waals surface area contributed by atoms with Gasteiger partial charge in [0.05, 0.1) is 6.54 Å². The fourth-order valence-electron chi connectivity index (χ4n) is 4.09. The van der Waals surface area contributed by atoms with Crippen LogP contribution in [-0.2, 0) is 24.4 Å². The summed E-state index contributed by atoms with van der Waals surface area (Å²) in [6.07, 6.45) is 0. The van der Waals surface area contributed by atoms with E-state index in [-0.39, 0.29) is 29.2 Å². The van der Waals surface area contributed by atoms with Crippen molar-refractivity contribution in [1.82, 2.24) is 14.7 Å². The summed E-state index contributed by atoms with van der Waals surface area (Å²) in [5.41, 5.74) is 1.71. The number of furan rings is 1. The molecule has 1 aromatic heterocycles. The van der Waals surface area contributed by atoms with Crippen molar-refractivity contribution in [3.8, 4) is 0 Å². The molecule has 6 nitrogen and oxygen atoms in total. The summed E-state index contributed by atoms with van der Waals surface area (Å²) < 4.78 is 32.9. The largest absolute Gasteiger partial charge is 0.455 e. The standard InChI is InChI=1S/C26H27F2N3O3/c1-19(32)30-11-13-31(14-12-30)26(33)25-10-9-24(34-25)18-29(16-20-5-7-22(27)8-6-20)17-21-3-2-4-23(28)15-21/h2-10,15H,11-14,16-18H2,1H3. The van der Waals surface area contributed by atoms with Crippen LogP contribution in [0.15, 0.2) is 65.1 Å². The van der Waals surface area contributed by atoms with Crippen molar-refractivity contribution in [1.29, 1.82) is 0 Å². The van der Waals surface area contributed by atoms with Gasteiger partial charge < -0.3 is 14.2 Å². The number of amides is 2. The summed E-state index contributed by atoms with van der Waals surface area (Å²) in [5, 5.41) is 0. The van der Waals surface area contributed by atoms with Crippen LogP contribution in [0.5, 0.6) is 0 Å². The molecule has 1 fully saturated rings. The zero-order valence-corrected chi connectivity index (χ0v) is 19.0. The summed E-state index contributed by atoms with van der Waals surface area (Å²) >= 11 is 0. The Morgan fingerprint density at radius 2 is 1.50 bits per heavy atom. The fraction of sp³-hybridized carbons (Fsp3) is 0.308. The molecule has 1 saturated heterocycles. The first-order valence-corrected chi connectivity index (χ1v) is 11.2. The summed E-state index contributed by atoms with van der Waals surface area (Å²) in [7, 11) is 0. The third kappa shape index (κ3) is 6.08. The average Bonchev–Trinajstić information content (AvgIpc) is 3.28. The Hall–Kier alpha value is -3.52. The van der Waals surface area contributed by atoms with Gasteiger partial charge in [-0.25, -0.2) is 8.78 Å². The number of nitrogens with zero attached hydrogens (tertiary/aromatic N) is 3. The number of piperazine rings is 1. The smallest absolute Gasteiger partial charge is 0.289 e. The minimum absolute atomic E-state index is 0.00641. The highest BCUT2D eigenvalue weighted by Gasteiger charge is 2.25. The van der Waals surface area contributed by atoms with Crippen molar-refractivity contribution in [3.63, 3.8) is 0 Å². The maximum atomic E-state index is 13.7. The normalized spacial score (nSPS) is 14.0. The van der Waals surface area contributed by atoms with Crippen LogP contribution in [0.2, 0.25) is 0 Å². The molecule has 2 amide bonds. The maximum Gasteiger partial charge on any atom is 0.289 e. The molecule has 34 heavy (non-hydrogen) atoms. The van der Waals surface area contributed by atoms with Crippen LogP contribution in [0.1, 0.15) is 34.4 Å². The highest BCUT2D eigenvalue weighted by atomic mass is 19.1. The molecule has 0 unspecified atom stereocenters. The van der Waals surface area contributed by atoms with Gasteiger partial charge in [-0.05, 0) is 47.5 Å². The summed E-state index contributed by atoms with van der Waals surface area (Å²) in [6.45, 7) is 4.80. The maximum absolute atomic E-state index is 13.7. The zero-order chi connectivity index (χ0) is 24.1. The number of hydrogen-bond acceptors (Lipinski definition) is 4. The minimum atomic E-state index is -0.310. The number of rotatable bonds is 7. The molecule has 1 aliphatic rings. The third-order valence-corrected chi connectivity index (χ3v) is 5.88.